The molecule has 2 aromatic carbocycles. The Morgan fingerprint density at radius 2 is 1.88 bits per heavy atom. The molecule has 3 rings (SSSR count). The van der Waals surface area contributed by atoms with Crippen LogP contribution in [0.25, 0.3) is 0 Å². The minimum Gasteiger partial charge on any atom is -0.488 e. The monoisotopic (exact) mass is 339 g/mol. The lowest BCUT2D eigenvalue weighted by molar-refractivity contribution is 0.297. The van der Waals surface area contributed by atoms with Gasteiger partial charge in [0.05, 0.1) is 6.54 Å². The van der Waals surface area contributed by atoms with Gasteiger partial charge in [-0.05, 0) is 22.6 Å². The predicted molar refractivity (Wildman–Crippen MR) is 92.5 cm³/mol. The molecule has 3 aromatic rings. The number of ether oxygens (including phenoxy) is 1. The summed E-state index contributed by atoms with van der Waals surface area (Å²) < 4.78 is 21.1. The van der Waals surface area contributed by atoms with Crippen molar-refractivity contribution in [2.45, 2.75) is 19.7 Å². The number of nitrogens with one attached hydrogen (secondary N) is 1. The molecule has 6 nitrogen and oxygen atoms in total. The van der Waals surface area contributed by atoms with Gasteiger partial charge >= 0.3 is 0 Å². The van der Waals surface area contributed by atoms with E-state index in [1.54, 1.807) is 29.0 Å². The van der Waals surface area contributed by atoms with E-state index >= 15 is 0 Å². The topological polar surface area (TPSA) is 64.9 Å². The van der Waals surface area contributed by atoms with Crippen molar-refractivity contribution in [1.82, 2.24) is 20.2 Å². The third-order valence-corrected chi connectivity index (χ3v) is 3.58. The highest BCUT2D eigenvalue weighted by molar-refractivity contribution is 5.37. The van der Waals surface area contributed by atoms with Crippen LogP contribution in [0.1, 0.15) is 11.1 Å². The van der Waals surface area contributed by atoms with Gasteiger partial charge in [-0.1, -0.05) is 47.6 Å². The van der Waals surface area contributed by atoms with Crippen molar-refractivity contribution in [2.24, 2.45) is 0 Å². The number of para-hydroxylation sites is 1. The number of rotatable bonds is 8. The van der Waals surface area contributed by atoms with Crippen LogP contribution in [0, 0.1) is 5.82 Å². The normalized spacial score (nSPS) is 10.4. The van der Waals surface area contributed by atoms with Crippen LogP contribution < -0.4 is 10.1 Å². The Morgan fingerprint density at radius 1 is 1.12 bits per heavy atom. The molecule has 0 atom stereocenters. The van der Waals surface area contributed by atoms with Gasteiger partial charge in [-0.15, -0.1) is 6.58 Å². The van der Waals surface area contributed by atoms with Crippen molar-refractivity contribution in [3.63, 3.8) is 0 Å². The van der Waals surface area contributed by atoms with Crippen LogP contribution in [0.15, 0.2) is 61.2 Å². The molecule has 0 bridgehead atoms. The Hall–Kier alpha value is -3.22. The van der Waals surface area contributed by atoms with Gasteiger partial charge in [0, 0.05) is 17.7 Å². The number of tetrazole rings is 1. The van der Waals surface area contributed by atoms with Gasteiger partial charge < -0.3 is 10.1 Å². The zero-order valence-electron chi connectivity index (χ0n) is 13.6. The van der Waals surface area contributed by atoms with Crippen LogP contribution in [-0.4, -0.2) is 20.2 Å². The maximum atomic E-state index is 13.7. The molecule has 0 saturated carbocycles. The zero-order chi connectivity index (χ0) is 17.5. The minimum absolute atomic E-state index is 0.165. The molecule has 0 radical (unpaired) electrons. The molecule has 0 aliphatic heterocycles. The van der Waals surface area contributed by atoms with E-state index in [9.17, 15) is 4.39 Å². The Bertz CT molecular complexity index is 849. The fraction of sp³-hybridized carbons (Fsp3) is 0.167. The standard InChI is InChI=1S/C18H18FN5O/c1-2-11-24-18(21-22-23-24)20-12-14-7-4-6-10-17(14)25-13-15-8-3-5-9-16(15)19/h2-10H,1,11-13H2,(H,20,21,23). The van der Waals surface area contributed by atoms with E-state index in [0.29, 0.717) is 30.4 Å². The van der Waals surface area contributed by atoms with E-state index in [1.165, 1.54) is 6.07 Å². The van der Waals surface area contributed by atoms with Gasteiger partial charge in [-0.25, -0.2) is 9.07 Å². The summed E-state index contributed by atoms with van der Waals surface area (Å²) in [5, 5.41) is 14.6. The quantitative estimate of drug-likeness (QED) is 0.639. The van der Waals surface area contributed by atoms with Crippen LogP contribution >= 0.6 is 0 Å². The van der Waals surface area contributed by atoms with Gasteiger partial charge in [-0.2, -0.15) is 0 Å². The molecular weight excluding hydrogens is 321 g/mol. The predicted octanol–water partition coefficient (Wildman–Crippen LogP) is 3.19. The fourth-order valence-corrected chi connectivity index (χ4v) is 2.31. The first kappa shape index (κ1) is 16.6. The Labute approximate surface area is 144 Å². The summed E-state index contributed by atoms with van der Waals surface area (Å²) in [6.07, 6.45) is 1.72. The summed E-state index contributed by atoms with van der Waals surface area (Å²) in [6.45, 7) is 4.83. The SMILES string of the molecule is C=CCn1nnnc1NCc1ccccc1OCc1ccccc1F. The van der Waals surface area contributed by atoms with E-state index < -0.39 is 0 Å². The smallest absolute Gasteiger partial charge is 0.243 e. The van der Waals surface area contributed by atoms with Crippen LogP contribution in [0.2, 0.25) is 0 Å². The summed E-state index contributed by atoms with van der Waals surface area (Å²) in [5.74, 6) is 0.950. The van der Waals surface area contributed by atoms with E-state index in [4.69, 9.17) is 4.74 Å². The van der Waals surface area contributed by atoms with Crippen molar-refractivity contribution in [3.05, 3.63) is 78.1 Å². The van der Waals surface area contributed by atoms with Crippen molar-refractivity contribution in [3.8, 4) is 5.75 Å². The maximum absolute atomic E-state index is 13.7. The van der Waals surface area contributed by atoms with Gasteiger partial charge in [0.2, 0.25) is 5.95 Å². The molecule has 1 aromatic heterocycles. The Balaban J connectivity index is 1.67. The summed E-state index contributed by atoms with van der Waals surface area (Å²) in [4.78, 5) is 0. The van der Waals surface area contributed by atoms with Gasteiger partial charge in [0.1, 0.15) is 18.2 Å². The van der Waals surface area contributed by atoms with Crippen molar-refractivity contribution in [1.29, 1.82) is 0 Å². The van der Waals surface area contributed by atoms with Crippen LogP contribution in [0.4, 0.5) is 10.3 Å². The molecule has 0 unspecified atom stereocenters. The number of anilines is 1. The molecule has 0 amide bonds. The molecule has 25 heavy (non-hydrogen) atoms. The van der Waals surface area contributed by atoms with Crippen LogP contribution in [-0.2, 0) is 19.7 Å². The highest BCUT2D eigenvalue weighted by atomic mass is 19.1. The van der Waals surface area contributed by atoms with Gasteiger partial charge in [0.25, 0.3) is 0 Å². The Morgan fingerprint density at radius 3 is 2.68 bits per heavy atom. The number of hydrogen-bond donors (Lipinski definition) is 1. The first-order valence-electron chi connectivity index (χ1n) is 7.83. The van der Waals surface area contributed by atoms with Gasteiger partial charge in [-0.3, -0.25) is 0 Å². The fourth-order valence-electron chi connectivity index (χ4n) is 2.31. The van der Waals surface area contributed by atoms with E-state index in [1.807, 2.05) is 24.3 Å². The largest absolute Gasteiger partial charge is 0.488 e. The van der Waals surface area contributed by atoms with E-state index in [2.05, 4.69) is 27.4 Å². The van der Waals surface area contributed by atoms with Crippen molar-refractivity contribution >= 4 is 5.95 Å². The molecule has 1 N–H and O–H groups in total. The second-order valence-electron chi connectivity index (χ2n) is 5.31. The van der Waals surface area contributed by atoms with Crippen molar-refractivity contribution in [2.75, 3.05) is 5.32 Å². The highest BCUT2D eigenvalue weighted by Crippen LogP contribution is 2.21. The average Bonchev–Trinajstić information content (AvgIpc) is 3.07. The second kappa shape index (κ2) is 8.05. The average molecular weight is 339 g/mol. The minimum atomic E-state index is -0.276. The highest BCUT2D eigenvalue weighted by Gasteiger charge is 2.08. The molecule has 128 valence electrons. The third-order valence-electron chi connectivity index (χ3n) is 3.58. The zero-order valence-corrected chi connectivity index (χ0v) is 13.6. The molecule has 0 aliphatic rings. The van der Waals surface area contributed by atoms with E-state index in [-0.39, 0.29) is 12.4 Å². The Kier molecular flexibility index (Phi) is 5.36. The van der Waals surface area contributed by atoms with E-state index in [0.717, 1.165) is 5.56 Å². The molecule has 0 spiro atoms. The summed E-state index contributed by atoms with van der Waals surface area (Å²) in [7, 11) is 0. The lowest BCUT2D eigenvalue weighted by Crippen LogP contribution is -2.09. The molecule has 1 heterocycles. The van der Waals surface area contributed by atoms with Crippen molar-refractivity contribution < 1.29 is 9.13 Å². The first-order chi connectivity index (χ1) is 12.3. The first-order valence-corrected chi connectivity index (χ1v) is 7.83. The van der Waals surface area contributed by atoms with Gasteiger partial charge in [0.15, 0.2) is 0 Å². The lowest BCUT2D eigenvalue weighted by atomic mass is 10.2. The lowest BCUT2D eigenvalue weighted by Gasteiger charge is -2.12. The summed E-state index contributed by atoms with van der Waals surface area (Å²) >= 11 is 0. The number of allylic oxidation sites excluding steroid dienone is 1. The molecule has 7 heteroatoms. The summed E-state index contributed by atoms with van der Waals surface area (Å²) in [5.41, 5.74) is 1.44. The van der Waals surface area contributed by atoms with Crippen LogP contribution in [0.3, 0.4) is 0 Å². The summed E-state index contributed by atoms with van der Waals surface area (Å²) in [6, 6.07) is 14.2. The number of aromatic nitrogens is 4. The molecule has 0 saturated heterocycles. The molecule has 0 aliphatic carbocycles. The second-order valence-corrected chi connectivity index (χ2v) is 5.31. The molecule has 0 fully saturated rings. The number of nitrogens with zero attached hydrogens (tertiary/aromatic N) is 4. The third kappa shape index (κ3) is 4.20. The van der Waals surface area contributed by atoms with Crippen LogP contribution in [0.5, 0.6) is 5.75 Å². The number of halogens is 1. The maximum Gasteiger partial charge on any atom is 0.243 e. The number of hydrogen-bond acceptors (Lipinski definition) is 5. The number of benzene rings is 2. The molecular formula is C18H18FN5O.